The summed E-state index contributed by atoms with van der Waals surface area (Å²) in [5, 5.41) is 2.84. The normalized spacial score (nSPS) is 21.6. The van der Waals surface area contributed by atoms with E-state index in [0.29, 0.717) is 29.1 Å². The van der Waals surface area contributed by atoms with Gasteiger partial charge in [-0.05, 0) is 49.2 Å². The van der Waals surface area contributed by atoms with E-state index in [1.807, 2.05) is 24.3 Å². The zero-order chi connectivity index (χ0) is 18.4. The van der Waals surface area contributed by atoms with E-state index in [1.54, 1.807) is 12.1 Å². The molecule has 5 rings (SSSR count). The molecule has 0 spiro atoms. The Morgan fingerprint density at radius 1 is 1.07 bits per heavy atom. The van der Waals surface area contributed by atoms with E-state index in [4.69, 9.17) is 4.74 Å². The highest BCUT2D eigenvalue weighted by molar-refractivity contribution is 6.03. The lowest BCUT2D eigenvalue weighted by atomic mass is 10.2. The maximum Gasteiger partial charge on any atom is 0.325 e. The second-order valence-electron chi connectivity index (χ2n) is 7.04. The Kier molecular flexibility index (Phi) is 3.71. The van der Waals surface area contributed by atoms with Gasteiger partial charge < -0.3 is 19.9 Å². The zero-order valence-corrected chi connectivity index (χ0v) is 14.6. The van der Waals surface area contributed by atoms with Gasteiger partial charge in [0.05, 0.1) is 17.7 Å². The lowest BCUT2D eigenvalue weighted by molar-refractivity contribution is 0.0305. The molecule has 138 valence electrons. The number of benzene rings is 1. The van der Waals surface area contributed by atoms with Crippen LogP contribution >= 0.6 is 0 Å². The average Bonchev–Trinajstić information content (AvgIpc) is 3.21. The Bertz CT molecular complexity index is 1040. The molecule has 1 aromatic carbocycles. The second kappa shape index (κ2) is 6.24. The summed E-state index contributed by atoms with van der Waals surface area (Å²) in [6, 6.07) is 11.0. The van der Waals surface area contributed by atoms with Gasteiger partial charge in [-0.1, -0.05) is 0 Å². The molecule has 1 amide bonds. The Balaban J connectivity index is 1.30. The Labute approximate surface area is 154 Å². The molecule has 2 atom stereocenters. The van der Waals surface area contributed by atoms with Crippen LogP contribution in [0, 0.1) is 0 Å². The van der Waals surface area contributed by atoms with E-state index in [2.05, 4.69) is 25.2 Å². The van der Waals surface area contributed by atoms with Crippen LogP contribution in [-0.4, -0.2) is 46.2 Å². The summed E-state index contributed by atoms with van der Waals surface area (Å²) in [7, 11) is 0. The van der Waals surface area contributed by atoms with E-state index >= 15 is 0 Å². The molecule has 3 aromatic rings. The SMILES string of the molecule is O=C(Nc1ccc(N2CC3CCC(C2)O3)cc1)c1ccc2[nH]c(=O)[nH]c2n1. The molecular formula is C19H19N5O3. The van der Waals surface area contributed by atoms with Gasteiger partial charge in [-0.2, -0.15) is 0 Å². The average molecular weight is 365 g/mol. The van der Waals surface area contributed by atoms with Crippen molar-refractivity contribution in [2.45, 2.75) is 25.0 Å². The molecule has 2 aromatic heterocycles. The number of nitrogens with one attached hydrogen (secondary N) is 3. The van der Waals surface area contributed by atoms with Crippen LogP contribution in [0.5, 0.6) is 0 Å². The summed E-state index contributed by atoms with van der Waals surface area (Å²) in [6.07, 6.45) is 2.95. The molecule has 8 nitrogen and oxygen atoms in total. The molecule has 3 N–H and O–H groups in total. The molecule has 8 heteroatoms. The van der Waals surface area contributed by atoms with Crippen LogP contribution in [-0.2, 0) is 4.74 Å². The Morgan fingerprint density at radius 2 is 1.81 bits per heavy atom. The first-order valence-corrected chi connectivity index (χ1v) is 9.05. The van der Waals surface area contributed by atoms with Crippen molar-refractivity contribution in [1.82, 2.24) is 15.0 Å². The van der Waals surface area contributed by atoms with Gasteiger partial charge in [0.25, 0.3) is 5.91 Å². The monoisotopic (exact) mass is 365 g/mol. The maximum absolute atomic E-state index is 12.4. The van der Waals surface area contributed by atoms with E-state index in [0.717, 1.165) is 31.6 Å². The van der Waals surface area contributed by atoms with Crippen LogP contribution in [0.15, 0.2) is 41.2 Å². The Hall–Kier alpha value is -3.13. The third kappa shape index (κ3) is 3.08. The standard InChI is InChI=1S/C19H19N5O3/c25-18(16-8-7-15-17(21-16)23-19(26)22-15)20-11-1-3-12(4-2-11)24-9-13-5-6-14(10-24)27-13/h1-4,7-8,13-14H,5-6,9-10H2,(H,20,25)(H2,21,22,23,26). The molecule has 0 aliphatic carbocycles. The van der Waals surface area contributed by atoms with Crippen LogP contribution in [0.25, 0.3) is 11.2 Å². The number of aromatic nitrogens is 3. The fraction of sp³-hybridized carbons (Fsp3) is 0.316. The molecular weight excluding hydrogens is 346 g/mol. The number of rotatable bonds is 3. The number of anilines is 2. The van der Waals surface area contributed by atoms with Crippen molar-refractivity contribution in [2.24, 2.45) is 0 Å². The third-order valence-electron chi connectivity index (χ3n) is 5.14. The number of morpholine rings is 1. The lowest BCUT2D eigenvalue weighted by Gasteiger charge is -2.33. The minimum atomic E-state index is -0.345. The number of amides is 1. The summed E-state index contributed by atoms with van der Waals surface area (Å²) in [4.78, 5) is 35.4. The van der Waals surface area contributed by atoms with Gasteiger partial charge in [-0.25, -0.2) is 9.78 Å². The number of hydrogen-bond acceptors (Lipinski definition) is 5. The number of ether oxygens (including phenoxy) is 1. The van der Waals surface area contributed by atoms with Crippen LogP contribution < -0.4 is 15.9 Å². The molecule has 2 unspecified atom stereocenters. The fourth-order valence-corrected chi connectivity index (χ4v) is 3.82. The van der Waals surface area contributed by atoms with Gasteiger partial charge >= 0.3 is 5.69 Å². The minimum absolute atomic E-state index is 0.242. The van der Waals surface area contributed by atoms with Gasteiger partial charge in [-0.3, -0.25) is 9.78 Å². The largest absolute Gasteiger partial charge is 0.371 e. The van der Waals surface area contributed by atoms with Gasteiger partial charge in [0.1, 0.15) is 5.69 Å². The fourth-order valence-electron chi connectivity index (χ4n) is 3.82. The van der Waals surface area contributed by atoms with E-state index in [9.17, 15) is 9.59 Å². The first kappa shape index (κ1) is 16.1. The number of aromatic amines is 2. The van der Waals surface area contributed by atoms with Crippen molar-refractivity contribution in [3.05, 3.63) is 52.6 Å². The summed E-state index contributed by atoms with van der Waals surface area (Å²) < 4.78 is 5.88. The van der Waals surface area contributed by atoms with Gasteiger partial charge in [0, 0.05) is 24.5 Å². The van der Waals surface area contributed by atoms with E-state index < -0.39 is 0 Å². The number of pyridine rings is 1. The number of fused-ring (bicyclic) bond motifs is 3. The topological polar surface area (TPSA) is 103 Å². The molecule has 2 bridgehead atoms. The molecule has 4 heterocycles. The Morgan fingerprint density at radius 3 is 2.56 bits per heavy atom. The van der Waals surface area contributed by atoms with Crippen LogP contribution in [0.2, 0.25) is 0 Å². The van der Waals surface area contributed by atoms with E-state index in [1.165, 1.54) is 0 Å². The highest BCUT2D eigenvalue weighted by atomic mass is 16.5. The lowest BCUT2D eigenvalue weighted by Crippen LogP contribution is -2.42. The van der Waals surface area contributed by atoms with Crippen molar-refractivity contribution in [2.75, 3.05) is 23.3 Å². The zero-order valence-electron chi connectivity index (χ0n) is 14.6. The number of H-pyrrole nitrogens is 2. The first-order valence-electron chi connectivity index (χ1n) is 9.05. The first-order chi connectivity index (χ1) is 13.1. The second-order valence-corrected chi connectivity index (χ2v) is 7.04. The third-order valence-corrected chi connectivity index (χ3v) is 5.14. The molecule has 2 saturated heterocycles. The maximum atomic E-state index is 12.4. The number of imidazole rings is 1. The molecule has 0 radical (unpaired) electrons. The van der Waals surface area contributed by atoms with Crippen molar-refractivity contribution in [3.8, 4) is 0 Å². The number of hydrogen-bond donors (Lipinski definition) is 3. The molecule has 27 heavy (non-hydrogen) atoms. The van der Waals surface area contributed by atoms with E-state index in [-0.39, 0.29) is 17.3 Å². The molecule has 2 fully saturated rings. The predicted octanol–water partition coefficient (Wildman–Crippen LogP) is 1.87. The predicted molar refractivity (Wildman–Crippen MR) is 101 cm³/mol. The molecule has 2 aliphatic heterocycles. The summed E-state index contributed by atoms with van der Waals surface area (Å²) in [5.74, 6) is -0.323. The summed E-state index contributed by atoms with van der Waals surface area (Å²) in [6.45, 7) is 1.84. The van der Waals surface area contributed by atoms with Gasteiger partial charge in [-0.15, -0.1) is 0 Å². The number of carbonyl (C=O) groups is 1. The van der Waals surface area contributed by atoms with Crippen molar-refractivity contribution >= 4 is 28.4 Å². The van der Waals surface area contributed by atoms with Gasteiger partial charge in [0.15, 0.2) is 5.65 Å². The highest BCUT2D eigenvalue weighted by Crippen LogP contribution is 2.30. The smallest absolute Gasteiger partial charge is 0.325 e. The summed E-state index contributed by atoms with van der Waals surface area (Å²) in [5.41, 5.74) is 2.67. The highest BCUT2D eigenvalue weighted by Gasteiger charge is 2.33. The number of nitrogens with zero attached hydrogens (tertiary/aromatic N) is 2. The van der Waals surface area contributed by atoms with Crippen molar-refractivity contribution in [1.29, 1.82) is 0 Å². The van der Waals surface area contributed by atoms with Crippen molar-refractivity contribution < 1.29 is 9.53 Å². The molecule has 2 aliphatic rings. The number of carbonyl (C=O) groups excluding carboxylic acids is 1. The minimum Gasteiger partial charge on any atom is -0.371 e. The van der Waals surface area contributed by atoms with Crippen molar-refractivity contribution in [3.63, 3.8) is 0 Å². The van der Waals surface area contributed by atoms with Crippen LogP contribution in [0.4, 0.5) is 11.4 Å². The summed E-state index contributed by atoms with van der Waals surface area (Å²) >= 11 is 0. The van der Waals surface area contributed by atoms with Gasteiger partial charge in [0.2, 0.25) is 0 Å². The van der Waals surface area contributed by atoms with Crippen LogP contribution in [0.3, 0.4) is 0 Å². The molecule has 0 saturated carbocycles. The quantitative estimate of drug-likeness (QED) is 0.657. The van der Waals surface area contributed by atoms with Crippen LogP contribution in [0.1, 0.15) is 23.3 Å².